The molecule has 0 bridgehead atoms. The number of hydrogen-bond acceptors (Lipinski definition) is 2. The van der Waals surface area contributed by atoms with Crippen LogP contribution < -0.4 is 5.73 Å². The second-order valence-electron chi connectivity index (χ2n) is 2.96. The standard InChI is InChI=1S/C9H8F3NO2/c10-8(11,9(12,13)7(14)15)6-4-2-1-3-5-6/h1-5H,13H2,(H,14,15)/t9-/m0/s1. The number of carbonyl (C=O) groups is 1. The quantitative estimate of drug-likeness (QED) is 0.757. The van der Waals surface area contributed by atoms with E-state index in [1.807, 2.05) is 0 Å². The van der Waals surface area contributed by atoms with Crippen molar-refractivity contribution in [3.05, 3.63) is 35.9 Å². The SMILES string of the molecule is N[C@@](F)(C(=O)O)C(F)(F)c1ccccc1. The lowest BCUT2D eigenvalue weighted by Gasteiger charge is -2.26. The van der Waals surface area contributed by atoms with Gasteiger partial charge in [0, 0.05) is 5.56 Å². The molecule has 1 aromatic carbocycles. The van der Waals surface area contributed by atoms with Gasteiger partial charge in [0.1, 0.15) is 0 Å². The van der Waals surface area contributed by atoms with Crippen molar-refractivity contribution in [3.63, 3.8) is 0 Å². The largest absolute Gasteiger partial charge is 0.478 e. The maximum absolute atomic E-state index is 13.3. The van der Waals surface area contributed by atoms with Crippen molar-refractivity contribution in [1.82, 2.24) is 0 Å². The van der Waals surface area contributed by atoms with E-state index >= 15 is 0 Å². The molecule has 1 rings (SSSR count). The lowest BCUT2D eigenvalue weighted by molar-refractivity contribution is -0.187. The summed E-state index contributed by atoms with van der Waals surface area (Å²) in [5.41, 5.74) is 3.67. The molecule has 0 aliphatic carbocycles. The summed E-state index contributed by atoms with van der Waals surface area (Å²) in [5.74, 6) is -10.8. The second-order valence-corrected chi connectivity index (χ2v) is 2.96. The van der Waals surface area contributed by atoms with Crippen LogP contribution in [0.3, 0.4) is 0 Å². The minimum Gasteiger partial charge on any atom is -0.478 e. The van der Waals surface area contributed by atoms with Gasteiger partial charge < -0.3 is 5.11 Å². The van der Waals surface area contributed by atoms with Crippen LogP contribution in [0.15, 0.2) is 30.3 Å². The smallest absolute Gasteiger partial charge is 0.363 e. The van der Waals surface area contributed by atoms with Gasteiger partial charge in [-0.25, -0.2) is 9.18 Å². The molecule has 0 amide bonds. The summed E-state index contributed by atoms with van der Waals surface area (Å²) < 4.78 is 39.7. The molecule has 0 aliphatic rings. The van der Waals surface area contributed by atoms with Crippen molar-refractivity contribution < 1.29 is 23.1 Å². The molecule has 0 saturated heterocycles. The lowest BCUT2D eigenvalue weighted by Crippen LogP contribution is -2.56. The summed E-state index contributed by atoms with van der Waals surface area (Å²) in [7, 11) is 0. The third-order valence-electron chi connectivity index (χ3n) is 1.90. The van der Waals surface area contributed by atoms with Gasteiger partial charge in [-0.3, -0.25) is 5.73 Å². The van der Waals surface area contributed by atoms with Crippen LogP contribution in [0, 0.1) is 0 Å². The van der Waals surface area contributed by atoms with Crippen molar-refractivity contribution in [1.29, 1.82) is 0 Å². The molecule has 0 spiro atoms. The summed E-state index contributed by atoms with van der Waals surface area (Å²) in [6, 6.07) is 5.73. The van der Waals surface area contributed by atoms with Crippen molar-refractivity contribution in [2.45, 2.75) is 11.7 Å². The van der Waals surface area contributed by atoms with Crippen LogP contribution in [-0.4, -0.2) is 16.9 Å². The van der Waals surface area contributed by atoms with Gasteiger partial charge in [0.05, 0.1) is 0 Å². The Hall–Kier alpha value is -1.56. The third-order valence-corrected chi connectivity index (χ3v) is 1.90. The van der Waals surface area contributed by atoms with Crippen molar-refractivity contribution in [3.8, 4) is 0 Å². The number of halogens is 3. The molecule has 0 heterocycles. The number of benzene rings is 1. The van der Waals surface area contributed by atoms with Gasteiger partial charge in [0.25, 0.3) is 0 Å². The molecule has 82 valence electrons. The zero-order valence-corrected chi connectivity index (χ0v) is 7.45. The fourth-order valence-electron chi connectivity index (χ4n) is 0.992. The highest BCUT2D eigenvalue weighted by Gasteiger charge is 2.59. The van der Waals surface area contributed by atoms with Crippen LogP contribution >= 0.6 is 0 Å². The average molecular weight is 219 g/mol. The Labute approximate surface area is 83.3 Å². The highest BCUT2D eigenvalue weighted by atomic mass is 19.3. The molecule has 0 fully saturated rings. The molecule has 0 saturated carbocycles. The van der Waals surface area contributed by atoms with E-state index in [-0.39, 0.29) is 0 Å². The van der Waals surface area contributed by atoms with E-state index in [1.165, 1.54) is 18.2 Å². The number of aliphatic carboxylic acids is 1. The van der Waals surface area contributed by atoms with E-state index < -0.39 is 23.2 Å². The van der Waals surface area contributed by atoms with E-state index in [0.717, 1.165) is 12.1 Å². The molecule has 3 N–H and O–H groups in total. The van der Waals surface area contributed by atoms with E-state index in [9.17, 15) is 18.0 Å². The van der Waals surface area contributed by atoms with Crippen LogP contribution in [-0.2, 0) is 10.7 Å². The predicted octanol–water partition coefficient (Wildman–Crippen LogP) is 1.49. The van der Waals surface area contributed by atoms with E-state index in [4.69, 9.17) is 5.11 Å². The molecule has 1 aromatic rings. The third kappa shape index (κ3) is 1.80. The molecule has 1 atom stereocenters. The van der Waals surface area contributed by atoms with Crippen LogP contribution in [0.2, 0.25) is 0 Å². The van der Waals surface area contributed by atoms with Gasteiger partial charge in [-0.2, -0.15) is 8.78 Å². The van der Waals surface area contributed by atoms with Gasteiger partial charge >= 0.3 is 17.7 Å². The topological polar surface area (TPSA) is 63.3 Å². The number of nitrogens with two attached hydrogens (primary N) is 1. The minimum atomic E-state index is -4.28. The van der Waals surface area contributed by atoms with Crippen molar-refractivity contribution in [2.24, 2.45) is 5.73 Å². The van der Waals surface area contributed by atoms with Crippen molar-refractivity contribution in [2.75, 3.05) is 0 Å². The average Bonchev–Trinajstić information content (AvgIpc) is 2.18. The van der Waals surface area contributed by atoms with Crippen LogP contribution in [0.4, 0.5) is 13.2 Å². The Kier molecular flexibility index (Phi) is 2.72. The highest BCUT2D eigenvalue weighted by Crippen LogP contribution is 2.38. The first-order chi connectivity index (χ1) is 6.80. The number of carboxylic acid groups (broad SMARTS) is 1. The number of alkyl halides is 3. The molecule has 3 nitrogen and oxygen atoms in total. The van der Waals surface area contributed by atoms with Crippen LogP contribution in [0.5, 0.6) is 0 Å². The number of carboxylic acids is 1. The maximum atomic E-state index is 13.3. The van der Waals surface area contributed by atoms with E-state index in [1.54, 1.807) is 0 Å². The summed E-state index contributed by atoms with van der Waals surface area (Å²) >= 11 is 0. The summed E-state index contributed by atoms with van der Waals surface area (Å²) in [5, 5.41) is 8.26. The first kappa shape index (κ1) is 11.5. The first-order valence-corrected chi connectivity index (χ1v) is 3.94. The Morgan fingerprint density at radius 2 is 1.67 bits per heavy atom. The normalized spacial score (nSPS) is 15.7. The summed E-state index contributed by atoms with van der Waals surface area (Å²) in [4.78, 5) is 10.3. The number of rotatable bonds is 3. The first-order valence-electron chi connectivity index (χ1n) is 3.94. The molecule has 6 heteroatoms. The fraction of sp³-hybridized carbons (Fsp3) is 0.222. The monoisotopic (exact) mass is 219 g/mol. The second kappa shape index (κ2) is 3.54. The molecular formula is C9H8F3NO2. The molecule has 0 aromatic heterocycles. The predicted molar refractivity (Wildman–Crippen MR) is 46.0 cm³/mol. The summed E-state index contributed by atoms with van der Waals surface area (Å²) in [6.07, 6.45) is 0. The Morgan fingerprint density at radius 1 is 1.20 bits per heavy atom. The fourth-order valence-corrected chi connectivity index (χ4v) is 0.992. The van der Waals surface area contributed by atoms with Gasteiger partial charge in [-0.15, -0.1) is 0 Å². The van der Waals surface area contributed by atoms with Gasteiger partial charge in [-0.1, -0.05) is 30.3 Å². The lowest BCUT2D eigenvalue weighted by atomic mass is 10.00. The minimum absolute atomic E-state index is 0.780. The summed E-state index contributed by atoms with van der Waals surface area (Å²) in [6.45, 7) is 0. The van der Waals surface area contributed by atoms with E-state index in [2.05, 4.69) is 5.73 Å². The van der Waals surface area contributed by atoms with Gasteiger partial charge in [0.15, 0.2) is 0 Å². The molecule has 0 radical (unpaired) electrons. The number of hydrogen-bond donors (Lipinski definition) is 2. The highest BCUT2D eigenvalue weighted by molar-refractivity contribution is 5.78. The molecule has 0 aliphatic heterocycles. The Balaban J connectivity index is 3.19. The van der Waals surface area contributed by atoms with Crippen molar-refractivity contribution >= 4 is 5.97 Å². The Bertz CT molecular complexity index is 365. The molecule has 15 heavy (non-hydrogen) atoms. The van der Waals surface area contributed by atoms with E-state index in [0.29, 0.717) is 0 Å². The molecule has 0 unspecified atom stereocenters. The van der Waals surface area contributed by atoms with Crippen LogP contribution in [0.25, 0.3) is 0 Å². The van der Waals surface area contributed by atoms with Gasteiger partial charge in [0.2, 0.25) is 0 Å². The molecular weight excluding hydrogens is 211 g/mol. The zero-order chi connectivity index (χ0) is 11.7. The van der Waals surface area contributed by atoms with Crippen LogP contribution in [0.1, 0.15) is 5.56 Å². The zero-order valence-electron chi connectivity index (χ0n) is 7.45. The van der Waals surface area contributed by atoms with Gasteiger partial charge in [-0.05, 0) is 0 Å². The maximum Gasteiger partial charge on any atom is 0.363 e. The Morgan fingerprint density at radius 3 is 2.07 bits per heavy atom.